The number of benzene rings is 3. The van der Waals surface area contributed by atoms with Gasteiger partial charge in [-0.25, -0.2) is 0 Å². The highest BCUT2D eigenvalue weighted by Crippen LogP contribution is 2.41. The van der Waals surface area contributed by atoms with Gasteiger partial charge in [-0.1, -0.05) is 24.3 Å². The molecule has 37 heavy (non-hydrogen) atoms. The molecule has 1 atom stereocenters. The average molecular weight is 502 g/mol. The summed E-state index contributed by atoms with van der Waals surface area (Å²) >= 11 is 0. The van der Waals surface area contributed by atoms with E-state index in [1.807, 2.05) is 63.2 Å². The van der Waals surface area contributed by atoms with Crippen LogP contribution >= 0.6 is 0 Å². The molecule has 1 unspecified atom stereocenters. The maximum Gasteiger partial charge on any atom is 0.295 e. The minimum atomic E-state index is -0.812. The van der Waals surface area contributed by atoms with E-state index in [0.717, 1.165) is 5.56 Å². The number of hydrogen-bond acceptors (Lipinski definition) is 6. The molecule has 1 N–H and O–H groups in total. The largest absolute Gasteiger partial charge is 0.507 e. The van der Waals surface area contributed by atoms with Crippen LogP contribution in [0.5, 0.6) is 17.2 Å². The topological polar surface area (TPSA) is 85.3 Å². The van der Waals surface area contributed by atoms with Gasteiger partial charge in [-0.2, -0.15) is 0 Å². The molecule has 0 spiro atoms. The molecule has 0 aliphatic carbocycles. The van der Waals surface area contributed by atoms with Crippen LogP contribution in [0.1, 0.15) is 43.5 Å². The third-order valence-corrected chi connectivity index (χ3v) is 6.01. The highest BCUT2D eigenvalue weighted by molar-refractivity contribution is 6.46. The van der Waals surface area contributed by atoms with Crippen molar-refractivity contribution in [2.24, 2.45) is 0 Å². The lowest BCUT2D eigenvalue weighted by Gasteiger charge is -2.26. The molecular formula is C30H31NO6. The summed E-state index contributed by atoms with van der Waals surface area (Å²) < 4.78 is 16.7. The highest BCUT2D eigenvalue weighted by atomic mass is 16.5. The second-order valence-corrected chi connectivity index (χ2v) is 8.98. The Hall–Kier alpha value is -4.26. The normalized spacial score (nSPS) is 16.8. The molecule has 3 aromatic carbocycles. The fourth-order valence-electron chi connectivity index (χ4n) is 4.42. The van der Waals surface area contributed by atoms with E-state index in [2.05, 4.69) is 0 Å². The molecule has 4 rings (SSSR count). The fraction of sp³-hybridized carbons (Fsp3) is 0.267. The van der Waals surface area contributed by atoms with Gasteiger partial charge in [0.1, 0.15) is 23.0 Å². The number of aliphatic hydroxyl groups is 1. The Kier molecular flexibility index (Phi) is 7.82. The lowest BCUT2D eigenvalue weighted by Crippen LogP contribution is -2.29. The molecule has 7 heteroatoms. The van der Waals surface area contributed by atoms with Crippen LogP contribution in [0.2, 0.25) is 0 Å². The van der Waals surface area contributed by atoms with E-state index in [1.165, 1.54) is 4.90 Å². The summed E-state index contributed by atoms with van der Waals surface area (Å²) in [6.07, 6.45) is -0.0535. The molecule has 0 radical (unpaired) electrons. The van der Waals surface area contributed by atoms with Crippen molar-refractivity contribution in [2.45, 2.75) is 39.5 Å². The number of carbonyl (C=O) groups excluding carboxylic acids is 2. The first-order valence-corrected chi connectivity index (χ1v) is 12.2. The van der Waals surface area contributed by atoms with Gasteiger partial charge in [-0.3, -0.25) is 9.59 Å². The number of hydrogen-bond donors (Lipinski definition) is 1. The van der Waals surface area contributed by atoms with Crippen molar-refractivity contribution in [1.29, 1.82) is 0 Å². The molecule has 192 valence electrons. The number of rotatable bonds is 9. The Labute approximate surface area is 216 Å². The van der Waals surface area contributed by atoms with Gasteiger partial charge in [-0.15, -0.1) is 0 Å². The van der Waals surface area contributed by atoms with Crippen molar-refractivity contribution in [1.82, 2.24) is 4.90 Å². The Morgan fingerprint density at radius 3 is 2.32 bits per heavy atom. The maximum absolute atomic E-state index is 13.4. The van der Waals surface area contributed by atoms with Crippen molar-refractivity contribution >= 4 is 17.4 Å². The van der Waals surface area contributed by atoms with Gasteiger partial charge < -0.3 is 24.2 Å². The van der Waals surface area contributed by atoms with Crippen molar-refractivity contribution in [3.8, 4) is 17.2 Å². The van der Waals surface area contributed by atoms with Gasteiger partial charge in [0.2, 0.25) is 0 Å². The molecule has 3 aromatic rings. The molecule has 1 fully saturated rings. The van der Waals surface area contributed by atoms with Crippen LogP contribution in [-0.2, 0) is 16.1 Å². The van der Waals surface area contributed by atoms with Gasteiger partial charge in [0, 0.05) is 12.1 Å². The van der Waals surface area contributed by atoms with Gasteiger partial charge in [0.05, 0.1) is 31.4 Å². The number of ether oxygens (including phenoxy) is 3. The van der Waals surface area contributed by atoms with E-state index in [1.54, 1.807) is 37.4 Å². The van der Waals surface area contributed by atoms with Crippen LogP contribution in [-0.4, -0.2) is 41.5 Å². The second kappa shape index (κ2) is 11.2. The quantitative estimate of drug-likeness (QED) is 0.237. The molecule has 0 saturated carbocycles. The summed E-state index contributed by atoms with van der Waals surface area (Å²) in [5, 5.41) is 11.3. The Balaban J connectivity index is 1.82. The van der Waals surface area contributed by atoms with Crippen LogP contribution in [0.15, 0.2) is 78.4 Å². The third-order valence-electron chi connectivity index (χ3n) is 6.01. The van der Waals surface area contributed by atoms with Crippen molar-refractivity contribution in [3.63, 3.8) is 0 Å². The first-order valence-electron chi connectivity index (χ1n) is 12.2. The number of carbonyl (C=O) groups is 2. The predicted octanol–water partition coefficient (Wildman–Crippen LogP) is 5.50. The number of Topliss-reactive ketones (excluding diaryl/α,β-unsaturated/α-hetero) is 1. The fourth-order valence-corrected chi connectivity index (χ4v) is 4.42. The van der Waals surface area contributed by atoms with Gasteiger partial charge in [0.15, 0.2) is 0 Å². The highest BCUT2D eigenvalue weighted by Gasteiger charge is 2.46. The molecule has 1 heterocycles. The van der Waals surface area contributed by atoms with Gasteiger partial charge in [0.25, 0.3) is 11.7 Å². The summed E-state index contributed by atoms with van der Waals surface area (Å²) in [4.78, 5) is 28.2. The smallest absolute Gasteiger partial charge is 0.295 e. The zero-order valence-corrected chi connectivity index (χ0v) is 21.4. The summed E-state index contributed by atoms with van der Waals surface area (Å²) in [6.45, 7) is 6.40. The monoisotopic (exact) mass is 501 g/mol. The van der Waals surface area contributed by atoms with Crippen molar-refractivity contribution in [3.05, 3.63) is 95.1 Å². The first-order chi connectivity index (χ1) is 17.8. The lowest BCUT2D eigenvalue weighted by atomic mass is 9.95. The molecule has 1 saturated heterocycles. The molecule has 1 amide bonds. The van der Waals surface area contributed by atoms with Gasteiger partial charge in [-0.05, 0) is 80.4 Å². The number of methoxy groups -OCH3 is 1. The van der Waals surface area contributed by atoms with E-state index in [9.17, 15) is 14.7 Å². The minimum Gasteiger partial charge on any atom is -0.507 e. The molecule has 1 aliphatic rings. The number of aliphatic hydroxyl groups excluding tert-OH is 1. The number of amides is 1. The van der Waals surface area contributed by atoms with Gasteiger partial charge >= 0.3 is 0 Å². The van der Waals surface area contributed by atoms with E-state index < -0.39 is 17.7 Å². The zero-order chi connectivity index (χ0) is 26.5. The summed E-state index contributed by atoms with van der Waals surface area (Å²) in [5.41, 5.74) is 1.90. The van der Waals surface area contributed by atoms with Crippen LogP contribution in [0.4, 0.5) is 0 Å². The predicted molar refractivity (Wildman–Crippen MR) is 141 cm³/mol. The van der Waals surface area contributed by atoms with Crippen LogP contribution in [0.3, 0.4) is 0 Å². The van der Waals surface area contributed by atoms with E-state index >= 15 is 0 Å². The number of nitrogens with zero attached hydrogens (tertiary/aromatic N) is 1. The zero-order valence-electron chi connectivity index (χ0n) is 21.4. The Morgan fingerprint density at radius 1 is 0.946 bits per heavy atom. The van der Waals surface area contributed by atoms with E-state index in [0.29, 0.717) is 35.0 Å². The van der Waals surface area contributed by atoms with Crippen LogP contribution in [0, 0.1) is 0 Å². The van der Waals surface area contributed by atoms with Crippen molar-refractivity contribution < 1.29 is 28.9 Å². The van der Waals surface area contributed by atoms with E-state index in [4.69, 9.17) is 14.2 Å². The van der Waals surface area contributed by atoms with Crippen LogP contribution in [0.25, 0.3) is 5.76 Å². The molecular weight excluding hydrogens is 470 g/mol. The maximum atomic E-state index is 13.4. The van der Waals surface area contributed by atoms with E-state index in [-0.39, 0.29) is 24.0 Å². The molecule has 0 aromatic heterocycles. The third kappa shape index (κ3) is 5.61. The number of ketones is 1. The molecule has 1 aliphatic heterocycles. The number of likely N-dealkylation sites (tertiary alicyclic amines) is 1. The lowest BCUT2D eigenvalue weighted by molar-refractivity contribution is -0.140. The standard InChI is InChI=1S/C30H31NO6/c1-5-36-23-14-12-21(13-15-23)28(32)26-27(22-9-7-11-25(17-22)37-19(2)3)31(30(34)29(26)33)18-20-8-6-10-24(16-20)35-4/h6-17,19,27,32H,5,18H2,1-4H3/b28-26-. The first kappa shape index (κ1) is 25.8. The Morgan fingerprint density at radius 2 is 1.65 bits per heavy atom. The minimum absolute atomic E-state index is 0.0266. The SMILES string of the molecule is CCOc1ccc(/C(O)=C2/C(=O)C(=O)N(Cc3cccc(OC)c3)C2c2cccc(OC(C)C)c2)cc1. The molecule has 7 nitrogen and oxygen atoms in total. The second-order valence-electron chi connectivity index (χ2n) is 8.98. The summed E-state index contributed by atoms with van der Waals surface area (Å²) in [5.74, 6) is 0.236. The Bertz CT molecular complexity index is 1310. The van der Waals surface area contributed by atoms with Crippen LogP contribution < -0.4 is 14.2 Å². The molecule has 0 bridgehead atoms. The van der Waals surface area contributed by atoms with Crippen molar-refractivity contribution in [2.75, 3.05) is 13.7 Å². The summed E-state index contributed by atoms with van der Waals surface area (Å²) in [6, 6.07) is 20.6. The summed E-state index contributed by atoms with van der Waals surface area (Å²) in [7, 11) is 1.57. The average Bonchev–Trinajstić information content (AvgIpc) is 3.14.